The number of aromatic hydroxyl groups is 1. The molecule has 0 spiro atoms. The van der Waals surface area contributed by atoms with Crippen LogP contribution in [-0.4, -0.2) is 17.5 Å². The van der Waals surface area contributed by atoms with E-state index in [1.54, 1.807) is 12.1 Å². The summed E-state index contributed by atoms with van der Waals surface area (Å²) >= 11 is 0. The van der Waals surface area contributed by atoms with Crippen LogP contribution in [0, 0.1) is 16.7 Å². The first kappa shape index (κ1) is 18.5. The molecule has 0 heterocycles. The van der Waals surface area contributed by atoms with Gasteiger partial charge in [-0.05, 0) is 29.9 Å². The minimum absolute atomic E-state index is 0.0131. The average Bonchev–Trinajstić information content (AvgIpc) is 2.32. The molecule has 0 aromatic heterocycles. The van der Waals surface area contributed by atoms with Gasteiger partial charge >= 0.3 is 0 Å². The summed E-state index contributed by atoms with van der Waals surface area (Å²) in [6.07, 6.45) is 1.07. The van der Waals surface area contributed by atoms with Crippen molar-refractivity contribution in [3.8, 4) is 11.5 Å². The van der Waals surface area contributed by atoms with Crippen LogP contribution in [0.4, 0.5) is 0 Å². The van der Waals surface area contributed by atoms with Crippen molar-refractivity contribution in [3.63, 3.8) is 0 Å². The summed E-state index contributed by atoms with van der Waals surface area (Å²) in [5, 5.41) is 10.1. The molecule has 3 heteroatoms. The molecule has 1 aromatic rings. The fourth-order valence-electron chi connectivity index (χ4n) is 2.54. The van der Waals surface area contributed by atoms with E-state index >= 15 is 0 Å². The van der Waals surface area contributed by atoms with Gasteiger partial charge < -0.3 is 9.84 Å². The molecule has 124 valence electrons. The first-order chi connectivity index (χ1) is 9.90. The maximum atomic E-state index is 12.2. The molecule has 0 amide bonds. The van der Waals surface area contributed by atoms with Gasteiger partial charge in [0.15, 0.2) is 5.78 Å². The molecule has 0 saturated heterocycles. The number of phenolic OH excluding ortho intramolecular Hbond substituents is 1. The highest BCUT2D eigenvalue weighted by Crippen LogP contribution is 2.30. The van der Waals surface area contributed by atoms with Gasteiger partial charge in [-0.3, -0.25) is 4.79 Å². The molecule has 22 heavy (non-hydrogen) atoms. The summed E-state index contributed by atoms with van der Waals surface area (Å²) in [4.78, 5) is 12.2. The second-order valence-electron chi connectivity index (χ2n) is 8.44. The Balaban J connectivity index is 2.72. The molecule has 0 fully saturated rings. The van der Waals surface area contributed by atoms with Crippen LogP contribution in [0.1, 0.15) is 65.2 Å². The topological polar surface area (TPSA) is 46.5 Å². The third kappa shape index (κ3) is 5.70. The zero-order valence-corrected chi connectivity index (χ0v) is 15.0. The maximum absolute atomic E-state index is 12.2. The fraction of sp³-hybridized carbons (Fsp3) is 0.632. The second kappa shape index (κ2) is 6.72. The zero-order valence-electron chi connectivity index (χ0n) is 15.0. The average molecular weight is 306 g/mol. The molecule has 1 aromatic carbocycles. The van der Waals surface area contributed by atoms with Crippen LogP contribution in [-0.2, 0) is 0 Å². The van der Waals surface area contributed by atoms with E-state index < -0.39 is 5.41 Å². The molecule has 1 unspecified atom stereocenters. The van der Waals surface area contributed by atoms with E-state index in [4.69, 9.17) is 4.74 Å². The minimum Gasteiger partial charge on any atom is -0.507 e. The highest BCUT2D eigenvalue weighted by molar-refractivity contribution is 6.02. The molecule has 0 radical (unpaired) electrons. The lowest BCUT2D eigenvalue weighted by Gasteiger charge is -2.23. The number of phenols is 1. The second-order valence-corrected chi connectivity index (χ2v) is 8.44. The van der Waals surface area contributed by atoms with E-state index in [2.05, 4.69) is 27.7 Å². The van der Waals surface area contributed by atoms with Crippen molar-refractivity contribution in [3.05, 3.63) is 23.8 Å². The summed E-state index contributed by atoms with van der Waals surface area (Å²) in [5.74, 6) is 0.945. The number of ketones is 1. The van der Waals surface area contributed by atoms with Gasteiger partial charge in [0.1, 0.15) is 11.5 Å². The van der Waals surface area contributed by atoms with Crippen LogP contribution < -0.4 is 4.74 Å². The molecule has 1 rings (SSSR count). The van der Waals surface area contributed by atoms with Crippen molar-refractivity contribution in [1.82, 2.24) is 0 Å². The number of rotatable bonds is 5. The van der Waals surface area contributed by atoms with Crippen molar-refractivity contribution < 1.29 is 14.6 Å². The van der Waals surface area contributed by atoms with Crippen LogP contribution >= 0.6 is 0 Å². The van der Waals surface area contributed by atoms with Crippen molar-refractivity contribution in [1.29, 1.82) is 0 Å². The number of ether oxygens (including phenoxy) is 1. The molecule has 0 aliphatic carbocycles. The van der Waals surface area contributed by atoms with Crippen molar-refractivity contribution in [2.45, 2.75) is 54.9 Å². The summed E-state index contributed by atoms with van der Waals surface area (Å²) in [7, 11) is 0. The van der Waals surface area contributed by atoms with E-state index in [9.17, 15) is 9.90 Å². The lowest BCUT2D eigenvalue weighted by molar-refractivity contribution is 0.0855. The van der Waals surface area contributed by atoms with Gasteiger partial charge in [-0.25, -0.2) is 0 Å². The predicted molar refractivity (Wildman–Crippen MR) is 90.6 cm³/mol. The summed E-state index contributed by atoms with van der Waals surface area (Å²) in [5.41, 5.74) is 0.109. The van der Waals surface area contributed by atoms with Gasteiger partial charge in [-0.1, -0.05) is 48.5 Å². The summed E-state index contributed by atoms with van der Waals surface area (Å²) in [6, 6.07) is 4.93. The highest BCUT2D eigenvalue weighted by atomic mass is 16.5. The van der Waals surface area contributed by atoms with Crippen LogP contribution in [0.3, 0.4) is 0 Å². The summed E-state index contributed by atoms with van der Waals surface area (Å²) < 4.78 is 5.74. The lowest BCUT2D eigenvalue weighted by Crippen LogP contribution is -2.20. The predicted octanol–water partition coefficient (Wildman–Crippen LogP) is 5.07. The number of benzene rings is 1. The molecule has 3 nitrogen and oxygen atoms in total. The van der Waals surface area contributed by atoms with Crippen LogP contribution in [0.15, 0.2) is 18.2 Å². The van der Waals surface area contributed by atoms with Gasteiger partial charge in [-0.2, -0.15) is 0 Å². The Kier molecular flexibility index (Phi) is 5.66. The van der Waals surface area contributed by atoms with Gasteiger partial charge in [0.25, 0.3) is 0 Å². The number of hydrogen-bond donors (Lipinski definition) is 1. The third-order valence-corrected chi connectivity index (χ3v) is 3.39. The number of Topliss-reactive ketones (excluding diaryl/α,β-unsaturated/α-hetero) is 1. The van der Waals surface area contributed by atoms with Crippen LogP contribution in [0.25, 0.3) is 0 Å². The monoisotopic (exact) mass is 306 g/mol. The van der Waals surface area contributed by atoms with Gasteiger partial charge in [0, 0.05) is 11.5 Å². The van der Waals surface area contributed by atoms with Crippen LogP contribution in [0.2, 0.25) is 0 Å². The molecule has 1 N–H and O–H groups in total. The number of carbonyl (C=O) groups excluding carboxylic acids is 1. The third-order valence-electron chi connectivity index (χ3n) is 3.39. The smallest absolute Gasteiger partial charge is 0.171 e. The standard InChI is InChI=1S/C19H30O3/c1-13(11-18(2,3)4)12-22-14-8-9-15(16(20)10-14)17(21)19(5,6)7/h8-10,13,20H,11-12H2,1-7H3. The summed E-state index contributed by atoms with van der Waals surface area (Å²) in [6.45, 7) is 14.9. The highest BCUT2D eigenvalue weighted by Gasteiger charge is 2.25. The number of carbonyl (C=O) groups is 1. The molecule has 0 aliphatic rings. The Morgan fingerprint density at radius 2 is 1.77 bits per heavy atom. The molecule has 0 saturated carbocycles. The Labute approximate surface area is 134 Å². The molecule has 0 aliphatic heterocycles. The first-order valence-corrected chi connectivity index (χ1v) is 7.91. The number of hydrogen-bond acceptors (Lipinski definition) is 3. The van der Waals surface area contributed by atoms with Gasteiger partial charge in [-0.15, -0.1) is 0 Å². The maximum Gasteiger partial charge on any atom is 0.171 e. The van der Waals surface area contributed by atoms with E-state index in [-0.39, 0.29) is 16.9 Å². The molecule has 0 bridgehead atoms. The minimum atomic E-state index is -0.513. The Morgan fingerprint density at radius 3 is 2.23 bits per heavy atom. The molecule has 1 atom stereocenters. The van der Waals surface area contributed by atoms with E-state index in [0.717, 1.165) is 6.42 Å². The molecular weight excluding hydrogens is 276 g/mol. The Bertz CT molecular complexity index is 518. The van der Waals surface area contributed by atoms with E-state index in [1.807, 2.05) is 20.8 Å². The van der Waals surface area contributed by atoms with Crippen molar-refractivity contribution in [2.75, 3.05) is 6.61 Å². The SMILES string of the molecule is CC(COc1ccc(C(=O)C(C)(C)C)c(O)c1)CC(C)(C)C. The van der Waals surface area contributed by atoms with Crippen LogP contribution in [0.5, 0.6) is 11.5 Å². The Hall–Kier alpha value is -1.51. The quantitative estimate of drug-likeness (QED) is 0.772. The Morgan fingerprint density at radius 1 is 1.18 bits per heavy atom. The van der Waals surface area contributed by atoms with Gasteiger partial charge in [0.2, 0.25) is 0 Å². The largest absolute Gasteiger partial charge is 0.507 e. The van der Waals surface area contributed by atoms with Gasteiger partial charge in [0.05, 0.1) is 12.2 Å². The fourth-order valence-corrected chi connectivity index (χ4v) is 2.54. The molecular formula is C19H30O3. The lowest BCUT2D eigenvalue weighted by atomic mass is 9.86. The van der Waals surface area contributed by atoms with Crippen molar-refractivity contribution in [2.24, 2.45) is 16.7 Å². The van der Waals surface area contributed by atoms with Crippen molar-refractivity contribution >= 4 is 5.78 Å². The van der Waals surface area contributed by atoms with E-state index in [1.165, 1.54) is 6.07 Å². The normalized spacial score (nSPS) is 13.8. The zero-order chi connectivity index (χ0) is 17.1. The first-order valence-electron chi connectivity index (χ1n) is 7.91. The van der Waals surface area contributed by atoms with E-state index in [0.29, 0.717) is 23.8 Å².